The summed E-state index contributed by atoms with van der Waals surface area (Å²) in [5.41, 5.74) is 2.81. The molecule has 0 radical (unpaired) electrons. The molecule has 1 fully saturated rings. The third-order valence-corrected chi connectivity index (χ3v) is 4.69. The summed E-state index contributed by atoms with van der Waals surface area (Å²) in [7, 11) is 4.33. The SMILES string of the molecule is CCC1CN(CC(NC)c2ccccc2C)CCN1C. The Bertz CT molecular complexity index is 418. The monoisotopic (exact) mass is 275 g/mol. The number of aryl methyl sites for hydroxylation is 1. The lowest BCUT2D eigenvalue weighted by molar-refractivity contribution is 0.0865. The van der Waals surface area contributed by atoms with Gasteiger partial charge in [-0.25, -0.2) is 0 Å². The molecule has 1 aliphatic rings. The molecule has 1 aromatic rings. The number of benzene rings is 1. The molecule has 112 valence electrons. The van der Waals surface area contributed by atoms with Crippen LogP contribution in [-0.4, -0.2) is 56.1 Å². The van der Waals surface area contributed by atoms with Crippen LogP contribution in [0.25, 0.3) is 0 Å². The average molecular weight is 275 g/mol. The molecule has 2 unspecified atom stereocenters. The molecular formula is C17H29N3. The molecule has 0 amide bonds. The fourth-order valence-corrected chi connectivity index (χ4v) is 3.20. The second-order valence-electron chi connectivity index (χ2n) is 6.00. The molecule has 1 heterocycles. The average Bonchev–Trinajstić information content (AvgIpc) is 2.47. The van der Waals surface area contributed by atoms with Gasteiger partial charge in [0.05, 0.1) is 0 Å². The summed E-state index contributed by atoms with van der Waals surface area (Å²) in [6.45, 7) is 9.16. The van der Waals surface area contributed by atoms with Crippen LogP contribution in [0.4, 0.5) is 0 Å². The van der Waals surface area contributed by atoms with Crippen molar-refractivity contribution in [3.8, 4) is 0 Å². The molecule has 0 spiro atoms. The van der Waals surface area contributed by atoms with Crippen LogP contribution in [0.15, 0.2) is 24.3 Å². The molecular weight excluding hydrogens is 246 g/mol. The van der Waals surface area contributed by atoms with E-state index in [9.17, 15) is 0 Å². The van der Waals surface area contributed by atoms with Gasteiger partial charge in [-0.05, 0) is 38.6 Å². The zero-order valence-electron chi connectivity index (χ0n) is 13.4. The molecule has 1 N–H and O–H groups in total. The van der Waals surface area contributed by atoms with Crippen LogP contribution >= 0.6 is 0 Å². The maximum atomic E-state index is 3.50. The van der Waals surface area contributed by atoms with E-state index in [2.05, 4.69) is 67.3 Å². The Balaban J connectivity index is 2.02. The Morgan fingerprint density at radius 2 is 2.05 bits per heavy atom. The summed E-state index contributed by atoms with van der Waals surface area (Å²) < 4.78 is 0. The summed E-state index contributed by atoms with van der Waals surface area (Å²) in [5.74, 6) is 0. The van der Waals surface area contributed by atoms with Gasteiger partial charge in [-0.1, -0.05) is 31.2 Å². The highest BCUT2D eigenvalue weighted by Gasteiger charge is 2.25. The van der Waals surface area contributed by atoms with Gasteiger partial charge in [-0.3, -0.25) is 4.90 Å². The van der Waals surface area contributed by atoms with Crippen molar-refractivity contribution in [2.75, 3.05) is 40.3 Å². The lowest BCUT2D eigenvalue weighted by atomic mass is 10.00. The molecule has 3 nitrogen and oxygen atoms in total. The third-order valence-electron chi connectivity index (χ3n) is 4.69. The standard InChI is InChI=1S/C17H29N3/c1-5-15-12-20(11-10-19(15)4)13-17(18-3)16-9-7-6-8-14(16)2/h6-9,15,17-18H,5,10-13H2,1-4H3. The van der Waals surface area contributed by atoms with Crippen LogP contribution in [0.1, 0.15) is 30.5 Å². The second kappa shape index (κ2) is 7.21. The smallest absolute Gasteiger partial charge is 0.0449 e. The number of rotatable bonds is 5. The fraction of sp³-hybridized carbons (Fsp3) is 0.647. The fourth-order valence-electron chi connectivity index (χ4n) is 3.20. The van der Waals surface area contributed by atoms with Crippen molar-refractivity contribution in [3.05, 3.63) is 35.4 Å². The van der Waals surface area contributed by atoms with Crippen molar-refractivity contribution in [1.29, 1.82) is 0 Å². The van der Waals surface area contributed by atoms with Gasteiger partial charge < -0.3 is 10.2 Å². The van der Waals surface area contributed by atoms with E-state index in [-0.39, 0.29) is 0 Å². The van der Waals surface area contributed by atoms with Crippen molar-refractivity contribution < 1.29 is 0 Å². The molecule has 2 atom stereocenters. The highest BCUT2D eigenvalue weighted by atomic mass is 15.3. The largest absolute Gasteiger partial charge is 0.312 e. The summed E-state index contributed by atoms with van der Waals surface area (Å²) in [4.78, 5) is 5.11. The molecule has 0 aliphatic carbocycles. The van der Waals surface area contributed by atoms with Crippen molar-refractivity contribution in [3.63, 3.8) is 0 Å². The Morgan fingerprint density at radius 3 is 2.70 bits per heavy atom. The molecule has 0 bridgehead atoms. The van der Waals surface area contributed by atoms with Gasteiger partial charge in [0.2, 0.25) is 0 Å². The normalized spacial score (nSPS) is 22.9. The molecule has 20 heavy (non-hydrogen) atoms. The van der Waals surface area contributed by atoms with Crippen LogP contribution in [0.3, 0.4) is 0 Å². The van der Waals surface area contributed by atoms with E-state index < -0.39 is 0 Å². The molecule has 0 aromatic heterocycles. The maximum absolute atomic E-state index is 3.50. The van der Waals surface area contributed by atoms with Gasteiger partial charge in [-0.15, -0.1) is 0 Å². The molecule has 1 aliphatic heterocycles. The first-order valence-electron chi connectivity index (χ1n) is 7.81. The van der Waals surface area contributed by atoms with E-state index in [1.807, 2.05) is 0 Å². The highest BCUT2D eigenvalue weighted by molar-refractivity contribution is 5.29. The quantitative estimate of drug-likeness (QED) is 0.889. The number of likely N-dealkylation sites (N-methyl/N-ethyl adjacent to an activating group) is 2. The lowest BCUT2D eigenvalue weighted by Crippen LogP contribution is -2.52. The number of nitrogens with one attached hydrogen (secondary N) is 1. The lowest BCUT2D eigenvalue weighted by Gasteiger charge is -2.40. The first-order valence-corrected chi connectivity index (χ1v) is 7.81. The Kier molecular flexibility index (Phi) is 5.58. The summed E-state index contributed by atoms with van der Waals surface area (Å²) in [5, 5.41) is 3.50. The first kappa shape index (κ1) is 15.5. The van der Waals surface area contributed by atoms with E-state index in [0.717, 1.165) is 6.54 Å². The van der Waals surface area contributed by atoms with Gasteiger partial charge in [0.15, 0.2) is 0 Å². The third kappa shape index (κ3) is 3.60. The van der Waals surface area contributed by atoms with Crippen LogP contribution in [0, 0.1) is 6.92 Å². The highest BCUT2D eigenvalue weighted by Crippen LogP contribution is 2.20. The molecule has 3 heteroatoms. The minimum absolute atomic E-state index is 0.428. The van der Waals surface area contributed by atoms with Crippen LogP contribution < -0.4 is 5.32 Å². The van der Waals surface area contributed by atoms with Gasteiger partial charge in [0.25, 0.3) is 0 Å². The summed E-state index contributed by atoms with van der Waals surface area (Å²) in [6, 6.07) is 9.86. The minimum Gasteiger partial charge on any atom is -0.312 e. The van der Waals surface area contributed by atoms with E-state index in [1.165, 1.54) is 37.2 Å². The number of hydrogen-bond acceptors (Lipinski definition) is 3. The van der Waals surface area contributed by atoms with E-state index >= 15 is 0 Å². The van der Waals surface area contributed by atoms with E-state index in [4.69, 9.17) is 0 Å². The van der Waals surface area contributed by atoms with Crippen molar-refractivity contribution in [2.45, 2.75) is 32.4 Å². The zero-order valence-corrected chi connectivity index (χ0v) is 13.4. The number of piperazine rings is 1. The molecule has 1 aromatic carbocycles. The molecule has 2 rings (SSSR count). The van der Waals surface area contributed by atoms with Crippen LogP contribution in [0.2, 0.25) is 0 Å². The Labute approximate surface area is 124 Å². The van der Waals surface area contributed by atoms with E-state index in [1.54, 1.807) is 0 Å². The molecule has 0 saturated carbocycles. The summed E-state index contributed by atoms with van der Waals surface area (Å²) >= 11 is 0. The Morgan fingerprint density at radius 1 is 1.30 bits per heavy atom. The van der Waals surface area contributed by atoms with Gasteiger partial charge in [0.1, 0.15) is 0 Å². The first-order chi connectivity index (χ1) is 9.65. The van der Waals surface area contributed by atoms with Gasteiger partial charge in [0, 0.05) is 38.3 Å². The zero-order chi connectivity index (χ0) is 14.5. The maximum Gasteiger partial charge on any atom is 0.0449 e. The topological polar surface area (TPSA) is 18.5 Å². The van der Waals surface area contributed by atoms with Crippen molar-refractivity contribution >= 4 is 0 Å². The van der Waals surface area contributed by atoms with Gasteiger partial charge >= 0.3 is 0 Å². The number of hydrogen-bond donors (Lipinski definition) is 1. The van der Waals surface area contributed by atoms with Crippen LogP contribution in [-0.2, 0) is 0 Å². The van der Waals surface area contributed by atoms with Gasteiger partial charge in [-0.2, -0.15) is 0 Å². The summed E-state index contributed by atoms with van der Waals surface area (Å²) in [6.07, 6.45) is 1.24. The van der Waals surface area contributed by atoms with Crippen molar-refractivity contribution in [2.24, 2.45) is 0 Å². The predicted octanol–water partition coefficient (Wildman–Crippen LogP) is 2.28. The Hall–Kier alpha value is -0.900. The van der Waals surface area contributed by atoms with Crippen LogP contribution in [0.5, 0.6) is 0 Å². The number of nitrogens with zero attached hydrogens (tertiary/aromatic N) is 2. The minimum atomic E-state index is 0.428. The second-order valence-corrected chi connectivity index (χ2v) is 6.00. The van der Waals surface area contributed by atoms with Crippen molar-refractivity contribution in [1.82, 2.24) is 15.1 Å². The molecule has 1 saturated heterocycles. The van der Waals surface area contributed by atoms with E-state index in [0.29, 0.717) is 12.1 Å². The predicted molar refractivity (Wildman–Crippen MR) is 86.1 cm³/mol.